The van der Waals surface area contributed by atoms with Crippen molar-refractivity contribution in [2.45, 2.75) is 6.10 Å². The number of hydrogen-bond acceptors (Lipinski definition) is 2. The van der Waals surface area contributed by atoms with Crippen LogP contribution in [0.4, 0.5) is 4.39 Å². The summed E-state index contributed by atoms with van der Waals surface area (Å²) in [5, 5.41) is 12.3. The Balaban J connectivity index is 2.68. The Morgan fingerprint density at radius 1 is 1.42 bits per heavy atom. The fourth-order valence-corrected chi connectivity index (χ4v) is 0.996. The van der Waals surface area contributed by atoms with Crippen LogP contribution in [-0.2, 0) is 0 Å². The molecule has 0 aliphatic carbocycles. The maximum absolute atomic E-state index is 12.4. The van der Waals surface area contributed by atoms with E-state index in [0.29, 0.717) is 6.54 Å². The van der Waals surface area contributed by atoms with Crippen LogP contribution in [0.15, 0.2) is 24.3 Å². The Morgan fingerprint density at radius 3 is 2.50 bits per heavy atom. The first-order chi connectivity index (χ1) is 5.74. The molecule has 1 atom stereocenters. The highest BCUT2D eigenvalue weighted by Crippen LogP contribution is 2.11. The maximum atomic E-state index is 12.4. The van der Waals surface area contributed by atoms with Crippen molar-refractivity contribution < 1.29 is 9.50 Å². The number of benzene rings is 1. The average molecular weight is 169 g/mol. The first-order valence-corrected chi connectivity index (χ1v) is 3.82. The molecule has 2 N–H and O–H groups in total. The normalized spacial score (nSPS) is 12.9. The van der Waals surface area contributed by atoms with Crippen molar-refractivity contribution >= 4 is 0 Å². The van der Waals surface area contributed by atoms with E-state index >= 15 is 0 Å². The van der Waals surface area contributed by atoms with E-state index in [-0.39, 0.29) is 5.82 Å². The monoisotopic (exact) mass is 169 g/mol. The van der Waals surface area contributed by atoms with Gasteiger partial charge in [-0.2, -0.15) is 0 Å². The summed E-state index contributed by atoms with van der Waals surface area (Å²) in [6.07, 6.45) is -0.560. The van der Waals surface area contributed by atoms with Crippen molar-refractivity contribution in [2.75, 3.05) is 13.6 Å². The molecular formula is C9H12FNO. The summed E-state index contributed by atoms with van der Waals surface area (Å²) in [7, 11) is 1.76. The third-order valence-electron chi connectivity index (χ3n) is 1.65. The molecule has 0 heterocycles. The molecule has 12 heavy (non-hydrogen) atoms. The summed E-state index contributed by atoms with van der Waals surface area (Å²) < 4.78 is 12.4. The SMILES string of the molecule is CNC[C@H](O)c1ccc(F)cc1. The zero-order chi connectivity index (χ0) is 8.97. The van der Waals surface area contributed by atoms with Crippen molar-refractivity contribution in [3.05, 3.63) is 35.6 Å². The van der Waals surface area contributed by atoms with Crippen LogP contribution in [0.25, 0.3) is 0 Å². The first-order valence-electron chi connectivity index (χ1n) is 3.82. The number of rotatable bonds is 3. The second-order valence-corrected chi connectivity index (χ2v) is 2.63. The molecule has 0 aliphatic heterocycles. The fourth-order valence-electron chi connectivity index (χ4n) is 0.996. The van der Waals surface area contributed by atoms with Gasteiger partial charge in [0.05, 0.1) is 6.10 Å². The molecule has 66 valence electrons. The lowest BCUT2D eigenvalue weighted by molar-refractivity contribution is 0.177. The molecule has 2 nitrogen and oxygen atoms in total. The van der Waals surface area contributed by atoms with Gasteiger partial charge in [0.2, 0.25) is 0 Å². The molecule has 0 aromatic heterocycles. The highest BCUT2D eigenvalue weighted by atomic mass is 19.1. The van der Waals surface area contributed by atoms with E-state index in [0.717, 1.165) is 5.56 Å². The molecule has 0 spiro atoms. The van der Waals surface area contributed by atoms with Crippen LogP contribution < -0.4 is 5.32 Å². The Kier molecular flexibility index (Phi) is 3.19. The van der Waals surface area contributed by atoms with Crippen LogP contribution in [0.5, 0.6) is 0 Å². The molecule has 0 bridgehead atoms. The average Bonchev–Trinajstić information content (AvgIpc) is 2.06. The standard InChI is InChI=1S/C9H12FNO/c1-11-6-9(12)7-2-4-8(10)5-3-7/h2-5,9,11-12H,6H2,1H3/t9-/m0/s1. The number of aliphatic hydroxyl groups excluding tert-OH is 1. The maximum Gasteiger partial charge on any atom is 0.123 e. The molecule has 1 aromatic carbocycles. The van der Waals surface area contributed by atoms with E-state index in [2.05, 4.69) is 5.32 Å². The van der Waals surface area contributed by atoms with Gasteiger partial charge in [-0.05, 0) is 24.7 Å². The lowest BCUT2D eigenvalue weighted by Gasteiger charge is -2.09. The van der Waals surface area contributed by atoms with Gasteiger partial charge in [-0.1, -0.05) is 12.1 Å². The minimum Gasteiger partial charge on any atom is -0.387 e. The van der Waals surface area contributed by atoms with E-state index in [1.54, 1.807) is 19.2 Å². The lowest BCUT2D eigenvalue weighted by atomic mass is 10.1. The molecular weight excluding hydrogens is 157 g/mol. The van der Waals surface area contributed by atoms with Crippen molar-refractivity contribution in [2.24, 2.45) is 0 Å². The molecule has 3 heteroatoms. The highest BCUT2D eigenvalue weighted by Gasteiger charge is 2.04. The third-order valence-corrected chi connectivity index (χ3v) is 1.65. The number of halogens is 1. The van der Waals surface area contributed by atoms with Gasteiger partial charge in [0.1, 0.15) is 5.82 Å². The Hall–Kier alpha value is -0.930. The van der Waals surface area contributed by atoms with Crippen molar-refractivity contribution in [3.63, 3.8) is 0 Å². The van der Waals surface area contributed by atoms with Crippen LogP contribution in [0, 0.1) is 5.82 Å². The van der Waals surface area contributed by atoms with E-state index in [1.165, 1.54) is 12.1 Å². The molecule has 0 saturated carbocycles. The van der Waals surface area contributed by atoms with Gasteiger partial charge in [-0.3, -0.25) is 0 Å². The minimum atomic E-state index is -0.560. The van der Waals surface area contributed by atoms with Crippen molar-refractivity contribution in [1.82, 2.24) is 5.32 Å². The van der Waals surface area contributed by atoms with E-state index < -0.39 is 6.10 Å². The highest BCUT2D eigenvalue weighted by molar-refractivity contribution is 5.18. The van der Waals surface area contributed by atoms with Gasteiger partial charge in [0.15, 0.2) is 0 Å². The quantitative estimate of drug-likeness (QED) is 0.709. The molecule has 0 aliphatic rings. The topological polar surface area (TPSA) is 32.3 Å². The van der Waals surface area contributed by atoms with Crippen LogP contribution in [0.2, 0.25) is 0 Å². The number of nitrogens with one attached hydrogen (secondary N) is 1. The zero-order valence-corrected chi connectivity index (χ0v) is 6.92. The third kappa shape index (κ3) is 2.29. The molecule has 0 radical (unpaired) electrons. The molecule has 0 amide bonds. The molecule has 0 fully saturated rings. The van der Waals surface area contributed by atoms with Crippen molar-refractivity contribution in [1.29, 1.82) is 0 Å². The van der Waals surface area contributed by atoms with Gasteiger partial charge in [-0.25, -0.2) is 4.39 Å². The molecule has 0 unspecified atom stereocenters. The number of likely N-dealkylation sites (N-methyl/N-ethyl adjacent to an activating group) is 1. The Morgan fingerprint density at radius 2 is 2.00 bits per heavy atom. The Labute approximate surface area is 71.0 Å². The number of hydrogen-bond donors (Lipinski definition) is 2. The summed E-state index contributed by atoms with van der Waals surface area (Å²) in [5.74, 6) is -0.282. The Bertz CT molecular complexity index is 235. The van der Waals surface area contributed by atoms with Gasteiger partial charge in [0, 0.05) is 6.54 Å². The molecule has 1 aromatic rings. The first kappa shape index (κ1) is 9.16. The van der Waals surface area contributed by atoms with Crippen molar-refractivity contribution in [3.8, 4) is 0 Å². The zero-order valence-electron chi connectivity index (χ0n) is 6.92. The van der Waals surface area contributed by atoms with Gasteiger partial charge < -0.3 is 10.4 Å². The summed E-state index contributed by atoms with van der Waals surface area (Å²) in [5.41, 5.74) is 0.728. The second-order valence-electron chi connectivity index (χ2n) is 2.63. The van der Waals surface area contributed by atoms with Gasteiger partial charge in [0.25, 0.3) is 0 Å². The predicted molar refractivity (Wildman–Crippen MR) is 45.3 cm³/mol. The lowest BCUT2D eigenvalue weighted by Crippen LogP contribution is -2.16. The summed E-state index contributed by atoms with van der Waals surface area (Å²) >= 11 is 0. The van der Waals surface area contributed by atoms with Crippen LogP contribution in [-0.4, -0.2) is 18.7 Å². The molecule has 1 rings (SSSR count). The second kappa shape index (κ2) is 4.18. The minimum absolute atomic E-state index is 0.282. The summed E-state index contributed by atoms with van der Waals surface area (Å²) in [6, 6.07) is 5.84. The molecule has 0 saturated heterocycles. The van der Waals surface area contributed by atoms with Crippen LogP contribution in [0.3, 0.4) is 0 Å². The van der Waals surface area contributed by atoms with Gasteiger partial charge in [-0.15, -0.1) is 0 Å². The van der Waals surface area contributed by atoms with E-state index in [1.807, 2.05) is 0 Å². The van der Waals surface area contributed by atoms with Crippen LogP contribution >= 0.6 is 0 Å². The van der Waals surface area contributed by atoms with E-state index in [9.17, 15) is 9.50 Å². The van der Waals surface area contributed by atoms with Gasteiger partial charge >= 0.3 is 0 Å². The smallest absolute Gasteiger partial charge is 0.123 e. The summed E-state index contributed by atoms with van der Waals surface area (Å²) in [4.78, 5) is 0. The largest absolute Gasteiger partial charge is 0.387 e. The predicted octanol–water partition coefficient (Wildman–Crippen LogP) is 1.08. The van der Waals surface area contributed by atoms with Crippen LogP contribution in [0.1, 0.15) is 11.7 Å². The van der Waals surface area contributed by atoms with E-state index in [4.69, 9.17) is 0 Å². The fraction of sp³-hybridized carbons (Fsp3) is 0.333. The summed E-state index contributed by atoms with van der Waals surface area (Å²) in [6.45, 7) is 0.478. The number of aliphatic hydroxyl groups is 1.